The van der Waals surface area contributed by atoms with Crippen LogP contribution in [0.15, 0.2) is 18.2 Å². The van der Waals surface area contributed by atoms with Crippen molar-refractivity contribution >= 4 is 0 Å². The molecule has 1 aliphatic carbocycles. The molecule has 0 radical (unpaired) electrons. The zero-order valence-corrected chi connectivity index (χ0v) is 11.6. The quantitative estimate of drug-likeness (QED) is 0.849. The number of benzene rings is 1. The number of aromatic hydroxyl groups is 1. The lowest BCUT2D eigenvalue weighted by Gasteiger charge is -2.33. The maximum atomic E-state index is 9.80. The molecule has 0 amide bonds. The lowest BCUT2D eigenvalue weighted by Crippen LogP contribution is -2.33. The monoisotopic (exact) mass is 247 g/mol. The van der Waals surface area contributed by atoms with Gasteiger partial charge in [-0.05, 0) is 31.2 Å². The van der Waals surface area contributed by atoms with Gasteiger partial charge in [-0.1, -0.05) is 43.9 Å². The van der Waals surface area contributed by atoms with Crippen LogP contribution in [0.2, 0.25) is 0 Å². The molecule has 0 atom stereocenters. The van der Waals surface area contributed by atoms with E-state index in [2.05, 4.69) is 25.2 Å². The Balaban J connectivity index is 1.86. The van der Waals surface area contributed by atoms with Gasteiger partial charge in [0.1, 0.15) is 5.75 Å². The Morgan fingerprint density at radius 2 is 1.94 bits per heavy atom. The van der Waals surface area contributed by atoms with Crippen LogP contribution in [-0.4, -0.2) is 11.7 Å². The van der Waals surface area contributed by atoms with Crippen LogP contribution in [0.1, 0.15) is 50.2 Å². The summed E-state index contributed by atoms with van der Waals surface area (Å²) in [7, 11) is 0. The van der Waals surface area contributed by atoms with Crippen LogP contribution in [0.3, 0.4) is 0 Å². The Bertz CT molecular complexity index is 394. The van der Waals surface area contributed by atoms with Crippen molar-refractivity contribution in [2.45, 2.75) is 52.5 Å². The fourth-order valence-electron chi connectivity index (χ4n) is 2.94. The molecule has 1 fully saturated rings. The van der Waals surface area contributed by atoms with E-state index in [1.807, 2.05) is 6.07 Å². The second-order valence-corrected chi connectivity index (χ2v) is 6.11. The Hall–Kier alpha value is -1.02. The standard InChI is InChI=1S/C16H25NO/c1-13-6-7-15(18)14(10-13)11-17-12-16(2)8-4-3-5-9-16/h6-7,10,17-18H,3-5,8-9,11-12H2,1-2H3. The molecule has 0 unspecified atom stereocenters. The second-order valence-electron chi connectivity index (χ2n) is 6.11. The first-order valence-corrected chi connectivity index (χ1v) is 7.08. The number of phenols is 1. The lowest BCUT2D eigenvalue weighted by molar-refractivity contribution is 0.207. The molecule has 0 aliphatic heterocycles. The summed E-state index contributed by atoms with van der Waals surface area (Å²) in [5.74, 6) is 0.405. The molecule has 1 aromatic carbocycles. The molecule has 0 spiro atoms. The smallest absolute Gasteiger partial charge is 0.120 e. The summed E-state index contributed by atoms with van der Waals surface area (Å²) in [6.07, 6.45) is 6.80. The van der Waals surface area contributed by atoms with E-state index < -0.39 is 0 Å². The van der Waals surface area contributed by atoms with Crippen LogP contribution in [0.25, 0.3) is 0 Å². The molecule has 1 aliphatic rings. The highest BCUT2D eigenvalue weighted by atomic mass is 16.3. The highest BCUT2D eigenvalue weighted by molar-refractivity contribution is 5.35. The molecule has 0 heterocycles. The van der Waals surface area contributed by atoms with Crippen LogP contribution in [0, 0.1) is 12.3 Å². The van der Waals surface area contributed by atoms with Crippen LogP contribution < -0.4 is 5.32 Å². The van der Waals surface area contributed by atoms with Gasteiger partial charge in [-0.15, -0.1) is 0 Å². The van der Waals surface area contributed by atoms with Gasteiger partial charge >= 0.3 is 0 Å². The van der Waals surface area contributed by atoms with Gasteiger partial charge in [0.15, 0.2) is 0 Å². The Morgan fingerprint density at radius 1 is 1.22 bits per heavy atom. The van der Waals surface area contributed by atoms with Gasteiger partial charge in [-0.2, -0.15) is 0 Å². The van der Waals surface area contributed by atoms with E-state index in [-0.39, 0.29) is 0 Å². The third kappa shape index (κ3) is 3.49. The summed E-state index contributed by atoms with van der Waals surface area (Å²) in [6, 6.07) is 5.79. The van der Waals surface area contributed by atoms with Crippen molar-refractivity contribution in [3.63, 3.8) is 0 Å². The van der Waals surface area contributed by atoms with E-state index in [1.165, 1.54) is 37.7 Å². The van der Waals surface area contributed by atoms with E-state index >= 15 is 0 Å². The summed E-state index contributed by atoms with van der Waals surface area (Å²) < 4.78 is 0. The van der Waals surface area contributed by atoms with E-state index in [9.17, 15) is 5.11 Å². The normalized spacial score (nSPS) is 18.8. The molecule has 1 saturated carbocycles. The third-order valence-electron chi connectivity index (χ3n) is 4.16. The van der Waals surface area contributed by atoms with Crippen LogP contribution in [0.5, 0.6) is 5.75 Å². The summed E-state index contributed by atoms with van der Waals surface area (Å²) >= 11 is 0. The van der Waals surface area contributed by atoms with Gasteiger partial charge in [-0.25, -0.2) is 0 Å². The van der Waals surface area contributed by atoms with Crippen molar-refractivity contribution < 1.29 is 5.11 Å². The highest BCUT2D eigenvalue weighted by Gasteiger charge is 2.26. The zero-order chi connectivity index (χ0) is 13.0. The molecule has 1 aromatic rings. The minimum absolute atomic E-state index is 0.405. The van der Waals surface area contributed by atoms with E-state index in [1.54, 1.807) is 6.07 Å². The molecule has 2 heteroatoms. The van der Waals surface area contributed by atoms with Gasteiger partial charge in [-0.3, -0.25) is 0 Å². The summed E-state index contributed by atoms with van der Waals surface area (Å²) in [4.78, 5) is 0. The summed E-state index contributed by atoms with van der Waals surface area (Å²) in [6.45, 7) is 6.27. The zero-order valence-electron chi connectivity index (χ0n) is 11.6. The fraction of sp³-hybridized carbons (Fsp3) is 0.625. The maximum Gasteiger partial charge on any atom is 0.120 e. The lowest BCUT2D eigenvalue weighted by atomic mass is 9.76. The van der Waals surface area contributed by atoms with Crippen LogP contribution in [-0.2, 0) is 6.54 Å². The number of aryl methyl sites for hydroxylation is 1. The third-order valence-corrected chi connectivity index (χ3v) is 4.16. The largest absolute Gasteiger partial charge is 0.508 e. The van der Waals surface area contributed by atoms with Crippen molar-refractivity contribution in [2.75, 3.05) is 6.54 Å². The molecule has 2 rings (SSSR count). The van der Waals surface area contributed by atoms with E-state index in [4.69, 9.17) is 0 Å². The number of hydrogen-bond donors (Lipinski definition) is 2. The molecule has 100 valence electrons. The molecule has 2 N–H and O–H groups in total. The number of hydrogen-bond acceptors (Lipinski definition) is 2. The SMILES string of the molecule is Cc1ccc(O)c(CNCC2(C)CCCCC2)c1. The molecule has 0 saturated heterocycles. The Labute approximate surface area is 110 Å². The average molecular weight is 247 g/mol. The van der Waals surface area contributed by atoms with Gasteiger partial charge < -0.3 is 10.4 Å². The molecule has 0 aromatic heterocycles. The topological polar surface area (TPSA) is 32.3 Å². The van der Waals surface area contributed by atoms with Crippen molar-refractivity contribution in [3.8, 4) is 5.75 Å². The molecular formula is C16H25NO. The Kier molecular flexibility index (Phi) is 4.28. The maximum absolute atomic E-state index is 9.80. The first kappa shape index (κ1) is 13.4. The van der Waals surface area contributed by atoms with Gasteiger partial charge in [0.2, 0.25) is 0 Å². The minimum atomic E-state index is 0.405. The fourth-order valence-corrected chi connectivity index (χ4v) is 2.94. The van der Waals surface area contributed by atoms with E-state index in [0.29, 0.717) is 11.2 Å². The first-order chi connectivity index (χ1) is 8.59. The predicted octanol–water partition coefficient (Wildman–Crippen LogP) is 3.76. The average Bonchev–Trinajstić information content (AvgIpc) is 2.34. The summed E-state index contributed by atoms with van der Waals surface area (Å²) in [5, 5.41) is 13.3. The van der Waals surface area contributed by atoms with Gasteiger partial charge in [0.05, 0.1) is 0 Å². The second kappa shape index (κ2) is 5.75. The molecule has 18 heavy (non-hydrogen) atoms. The molecule has 0 bridgehead atoms. The number of nitrogens with one attached hydrogen (secondary N) is 1. The van der Waals surface area contributed by atoms with E-state index in [0.717, 1.165) is 18.7 Å². The van der Waals surface area contributed by atoms with Crippen molar-refractivity contribution in [2.24, 2.45) is 5.41 Å². The van der Waals surface area contributed by atoms with Crippen molar-refractivity contribution in [3.05, 3.63) is 29.3 Å². The highest BCUT2D eigenvalue weighted by Crippen LogP contribution is 2.35. The number of phenolic OH excluding ortho intramolecular Hbond substituents is 1. The first-order valence-electron chi connectivity index (χ1n) is 7.08. The summed E-state index contributed by atoms with van der Waals surface area (Å²) in [5.41, 5.74) is 2.67. The molecular weight excluding hydrogens is 222 g/mol. The number of rotatable bonds is 4. The van der Waals surface area contributed by atoms with Crippen LogP contribution >= 0.6 is 0 Å². The van der Waals surface area contributed by atoms with Gasteiger partial charge in [0, 0.05) is 18.7 Å². The Morgan fingerprint density at radius 3 is 2.67 bits per heavy atom. The van der Waals surface area contributed by atoms with Crippen molar-refractivity contribution in [1.29, 1.82) is 0 Å². The van der Waals surface area contributed by atoms with Gasteiger partial charge in [0.25, 0.3) is 0 Å². The van der Waals surface area contributed by atoms with Crippen LogP contribution in [0.4, 0.5) is 0 Å². The molecule has 2 nitrogen and oxygen atoms in total. The minimum Gasteiger partial charge on any atom is -0.508 e. The van der Waals surface area contributed by atoms with Crippen molar-refractivity contribution in [1.82, 2.24) is 5.32 Å². The predicted molar refractivity (Wildman–Crippen MR) is 75.7 cm³/mol.